The zero-order valence-electron chi connectivity index (χ0n) is 9.65. The number of anilines is 3. The van der Waals surface area contributed by atoms with Gasteiger partial charge in [-0.05, 0) is 52.3 Å². The molecular formula is C13H10BrFN2O2. The number of hydrogen-bond acceptors (Lipinski definition) is 3. The van der Waals surface area contributed by atoms with E-state index in [0.717, 1.165) is 0 Å². The molecule has 4 N–H and O–H groups in total. The predicted molar refractivity (Wildman–Crippen MR) is 75.2 cm³/mol. The fourth-order valence-corrected chi connectivity index (χ4v) is 1.95. The Labute approximate surface area is 117 Å². The van der Waals surface area contributed by atoms with E-state index in [9.17, 15) is 9.18 Å². The summed E-state index contributed by atoms with van der Waals surface area (Å²) in [6.07, 6.45) is 0. The van der Waals surface area contributed by atoms with E-state index < -0.39 is 5.97 Å². The summed E-state index contributed by atoms with van der Waals surface area (Å²) in [6.45, 7) is 0. The molecule has 0 radical (unpaired) electrons. The molecule has 2 aromatic rings. The summed E-state index contributed by atoms with van der Waals surface area (Å²) in [6, 6.07) is 9.00. The molecule has 0 atom stereocenters. The number of nitrogens with one attached hydrogen (secondary N) is 1. The molecule has 2 aromatic carbocycles. The molecule has 0 fully saturated rings. The van der Waals surface area contributed by atoms with Gasteiger partial charge in [0.05, 0.1) is 10.0 Å². The summed E-state index contributed by atoms with van der Waals surface area (Å²) in [5, 5.41) is 11.9. The molecule has 4 nitrogen and oxygen atoms in total. The number of rotatable bonds is 3. The minimum Gasteiger partial charge on any atom is -0.478 e. The van der Waals surface area contributed by atoms with Crippen molar-refractivity contribution in [1.82, 2.24) is 0 Å². The van der Waals surface area contributed by atoms with Crippen LogP contribution in [0.4, 0.5) is 21.5 Å². The Kier molecular flexibility index (Phi) is 3.71. The number of benzene rings is 2. The molecule has 0 aromatic heterocycles. The quantitative estimate of drug-likeness (QED) is 0.754. The molecule has 0 saturated carbocycles. The summed E-state index contributed by atoms with van der Waals surface area (Å²) in [5.74, 6) is -1.43. The first-order chi connectivity index (χ1) is 8.97. The van der Waals surface area contributed by atoms with Crippen LogP contribution in [0.5, 0.6) is 0 Å². The number of carboxylic acid groups (broad SMARTS) is 1. The van der Waals surface area contributed by atoms with Gasteiger partial charge in [0, 0.05) is 17.1 Å². The first kappa shape index (κ1) is 13.4. The molecule has 0 spiro atoms. The van der Waals surface area contributed by atoms with Crippen LogP contribution in [0.1, 0.15) is 10.4 Å². The summed E-state index contributed by atoms with van der Waals surface area (Å²) in [4.78, 5) is 10.8. The van der Waals surface area contributed by atoms with Crippen LogP contribution < -0.4 is 11.1 Å². The van der Waals surface area contributed by atoms with Crippen LogP contribution in [0.2, 0.25) is 0 Å². The van der Waals surface area contributed by atoms with Crippen molar-refractivity contribution in [3.8, 4) is 0 Å². The lowest BCUT2D eigenvalue weighted by molar-refractivity contribution is 0.0698. The van der Waals surface area contributed by atoms with E-state index in [1.807, 2.05) is 0 Å². The van der Waals surface area contributed by atoms with E-state index in [2.05, 4.69) is 21.2 Å². The highest BCUT2D eigenvalue weighted by Crippen LogP contribution is 2.25. The number of nitrogens with two attached hydrogens (primary N) is 1. The monoisotopic (exact) mass is 324 g/mol. The van der Waals surface area contributed by atoms with Crippen molar-refractivity contribution < 1.29 is 14.3 Å². The molecule has 6 heteroatoms. The second-order valence-corrected chi connectivity index (χ2v) is 4.72. The number of hydrogen-bond donors (Lipinski definition) is 3. The molecule has 0 aliphatic rings. The fraction of sp³-hybridized carbons (Fsp3) is 0. The average molecular weight is 325 g/mol. The Morgan fingerprint density at radius 1 is 1.21 bits per heavy atom. The highest BCUT2D eigenvalue weighted by atomic mass is 79.9. The molecule has 0 unspecified atom stereocenters. The van der Waals surface area contributed by atoms with Gasteiger partial charge >= 0.3 is 5.97 Å². The van der Waals surface area contributed by atoms with Crippen LogP contribution in [-0.2, 0) is 0 Å². The van der Waals surface area contributed by atoms with Crippen molar-refractivity contribution >= 4 is 39.0 Å². The molecule has 0 heterocycles. The molecule has 19 heavy (non-hydrogen) atoms. The number of carboxylic acids is 1. The normalized spacial score (nSPS) is 10.2. The molecular weight excluding hydrogens is 315 g/mol. The van der Waals surface area contributed by atoms with Crippen LogP contribution in [0.15, 0.2) is 40.9 Å². The van der Waals surface area contributed by atoms with Crippen molar-refractivity contribution in [2.75, 3.05) is 11.1 Å². The van der Waals surface area contributed by atoms with Gasteiger partial charge in [0.2, 0.25) is 0 Å². The lowest BCUT2D eigenvalue weighted by Gasteiger charge is -2.09. The highest BCUT2D eigenvalue weighted by Gasteiger charge is 2.08. The average Bonchev–Trinajstić information content (AvgIpc) is 2.33. The van der Waals surface area contributed by atoms with E-state index in [4.69, 9.17) is 10.8 Å². The summed E-state index contributed by atoms with van der Waals surface area (Å²) >= 11 is 3.09. The van der Waals surface area contributed by atoms with Gasteiger partial charge in [-0.2, -0.15) is 0 Å². The molecule has 0 saturated heterocycles. The van der Waals surface area contributed by atoms with E-state index in [1.54, 1.807) is 18.2 Å². The summed E-state index contributed by atoms with van der Waals surface area (Å²) < 4.78 is 13.4. The smallest absolute Gasteiger partial charge is 0.337 e. The summed E-state index contributed by atoms with van der Waals surface area (Å²) in [7, 11) is 0. The summed E-state index contributed by atoms with van der Waals surface area (Å²) in [5.41, 5.74) is 7.14. The van der Waals surface area contributed by atoms with Crippen molar-refractivity contribution in [3.05, 3.63) is 52.3 Å². The van der Waals surface area contributed by atoms with Crippen molar-refractivity contribution in [2.45, 2.75) is 0 Å². The van der Waals surface area contributed by atoms with E-state index in [-0.39, 0.29) is 17.1 Å². The Morgan fingerprint density at radius 3 is 2.42 bits per heavy atom. The van der Waals surface area contributed by atoms with Crippen LogP contribution in [0, 0.1) is 5.82 Å². The molecule has 0 amide bonds. The maximum Gasteiger partial charge on any atom is 0.337 e. The van der Waals surface area contributed by atoms with E-state index >= 15 is 0 Å². The van der Waals surface area contributed by atoms with Gasteiger partial charge in [-0.3, -0.25) is 0 Å². The van der Waals surface area contributed by atoms with Crippen molar-refractivity contribution in [1.29, 1.82) is 0 Å². The highest BCUT2D eigenvalue weighted by molar-refractivity contribution is 9.10. The van der Waals surface area contributed by atoms with Crippen LogP contribution in [0.25, 0.3) is 0 Å². The Morgan fingerprint density at radius 2 is 1.84 bits per heavy atom. The number of aromatic carboxylic acids is 1. The Bertz CT molecular complexity index is 647. The standard InChI is InChI=1S/C13H10BrFN2O2/c14-10-5-7(2-4-11(10)15)17-8-1-3-9(13(18)19)12(16)6-8/h1-6,17H,16H2,(H,18,19). The van der Waals surface area contributed by atoms with Gasteiger partial charge in [0.15, 0.2) is 0 Å². The second kappa shape index (κ2) is 5.27. The molecule has 0 bridgehead atoms. The van der Waals surface area contributed by atoms with Crippen LogP contribution in [-0.4, -0.2) is 11.1 Å². The number of nitrogen functional groups attached to an aromatic ring is 1. The van der Waals surface area contributed by atoms with Crippen LogP contribution in [0.3, 0.4) is 0 Å². The zero-order chi connectivity index (χ0) is 14.0. The third-order valence-corrected chi connectivity index (χ3v) is 3.10. The lowest BCUT2D eigenvalue weighted by Crippen LogP contribution is -2.03. The van der Waals surface area contributed by atoms with Gasteiger partial charge in [-0.15, -0.1) is 0 Å². The SMILES string of the molecule is Nc1cc(Nc2ccc(F)c(Br)c2)ccc1C(=O)O. The fourth-order valence-electron chi connectivity index (χ4n) is 1.58. The molecule has 0 aliphatic carbocycles. The molecule has 0 aliphatic heterocycles. The topological polar surface area (TPSA) is 75.3 Å². The number of halogens is 2. The van der Waals surface area contributed by atoms with Crippen molar-refractivity contribution in [2.24, 2.45) is 0 Å². The van der Waals surface area contributed by atoms with Gasteiger partial charge < -0.3 is 16.2 Å². The van der Waals surface area contributed by atoms with E-state index in [0.29, 0.717) is 15.8 Å². The first-order valence-corrected chi connectivity index (χ1v) is 6.11. The third kappa shape index (κ3) is 3.03. The second-order valence-electron chi connectivity index (χ2n) is 3.86. The van der Waals surface area contributed by atoms with Gasteiger partial charge in [-0.25, -0.2) is 9.18 Å². The Balaban J connectivity index is 2.26. The number of carbonyl (C=O) groups is 1. The third-order valence-electron chi connectivity index (χ3n) is 2.49. The minimum absolute atomic E-state index is 0.0471. The zero-order valence-corrected chi connectivity index (χ0v) is 11.2. The van der Waals surface area contributed by atoms with Gasteiger partial charge in [0.25, 0.3) is 0 Å². The van der Waals surface area contributed by atoms with E-state index in [1.165, 1.54) is 18.2 Å². The largest absolute Gasteiger partial charge is 0.478 e. The molecule has 98 valence electrons. The van der Waals surface area contributed by atoms with Gasteiger partial charge in [0.1, 0.15) is 5.82 Å². The van der Waals surface area contributed by atoms with Crippen LogP contribution >= 0.6 is 15.9 Å². The van der Waals surface area contributed by atoms with Gasteiger partial charge in [-0.1, -0.05) is 0 Å². The maximum atomic E-state index is 13.1. The predicted octanol–water partition coefficient (Wildman–Crippen LogP) is 3.61. The molecule has 2 rings (SSSR count). The lowest BCUT2D eigenvalue weighted by atomic mass is 10.1. The first-order valence-electron chi connectivity index (χ1n) is 5.32. The maximum absolute atomic E-state index is 13.1. The Hall–Kier alpha value is -2.08. The van der Waals surface area contributed by atoms with Crippen molar-refractivity contribution in [3.63, 3.8) is 0 Å². The minimum atomic E-state index is -1.08.